The number of nitriles is 1. The second-order valence-electron chi connectivity index (χ2n) is 5.92. The minimum Gasteiger partial charge on any atom is -0.493 e. The Kier molecular flexibility index (Phi) is 5.48. The first kappa shape index (κ1) is 18.9. The zero-order valence-electron chi connectivity index (χ0n) is 15.1. The molecule has 0 N–H and O–H groups in total. The van der Waals surface area contributed by atoms with E-state index >= 15 is 0 Å². The van der Waals surface area contributed by atoms with Crippen molar-refractivity contribution in [2.24, 2.45) is 0 Å². The van der Waals surface area contributed by atoms with E-state index in [4.69, 9.17) is 14.7 Å². The third-order valence-corrected chi connectivity index (χ3v) is 6.32. The molecule has 9 heteroatoms. The highest BCUT2D eigenvalue weighted by atomic mass is 32.2. The van der Waals surface area contributed by atoms with E-state index in [1.807, 2.05) is 4.90 Å². The highest BCUT2D eigenvalue weighted by molar-refractivity contribution is 7.89. The summed E-state index contributed by atoms with van der Waals surface area (Å²) in [6.07, 6.45) is 1.58. The van der Waals surface area contributed by atoms with Crippen molar-refractivity contribution in [1.82, 2.24) is 9.29 Å². The second-order valence-corrected chi connectivity index (χ2v) is 7.86. The molecular formula is C18H20N4O4S. The minimum atomic E-state index is -3.64. The Morgan fingerprint density at radius 1 is 1.04 bits per heavy atom. The second kappa shape index (κ2) is 7.82. The van der Waals surface area contributed by atoms with Gasteiger partial charge in [0, 0.05) is 38.4 Å². The van der Waals surface area contributed by atoms with Gasteiger partial charge >= 0.3 is 0 Å². The molecule has 1 aromatic heterocycles. The van der Waals surface area contributed by atoms with Gasteiger partial charge in [-0.25, -0.2) is 13.4 Å². The van der Waals surface area contributed by atoms with Crippen LogP contribution < -0.4 is 14.4 Å². The van der Waals surface area contributed by atoms with Gasteiger partial charge in [0.15, 0.2) is 11.5 Å². The predicted molar refractivity (Wildman–Crippen MR) is 99.5 cm³/mol. The lowest BCUT2D eigenvalue weighted by Crippen LogP contribution is -2.48. The molecule has 0 radical (unpaired) electrons. The van der Waals surface area contributed by atoms with Crippen LogP contribution in [0.15, 0.2) is 41.4 Å². The average Bonchev–Trinajstić information content (AvgIpc) is 2.73. The van der Waals surface area contributed by atoms with Gasteiger partial charge in [-0.05, 0) is 24.3 Å². The topological polar surface area (TPSA) is 95.8 Å². The molecule has 1 aromatic carbocycles. The lowest BCUT2D eigenvalue weighted by Gasteiger charge is -2.34. The number of rotatable bonds is 5. The molecule has 0 saturated carbocycles. The van der Waals surface area contributed by atoms with Crippen molar-refractivity contribution in [3.05, 3.63) is 42.1 Å². The van der Waals surface area contributed by atoms with Crippen molar-refractivity contribution in [3.8, 4) is 17.6 Å². The van der Waals surface area contributed by atoms with E-state index in [2.05, 4.69) is 11.1 Å². The zero-order valence-corrected chi connectivity index (χ0v) is 15.9. The molecule has 142 valence electrons. The Bertz CT molecular complexity index is 964. The van der Waals surface area contributed by atoms with Gasteiger partial charge in [0.05, 0.1) is 30.7 Å². The summed E-state index contributed by atoms with van der Waals surface area (Å²) in [6, 6.07) is 10.0. The van der Waals surface area contributed by atoms with Crippen LogP contribution in [-0.2, 0) is 10.0 Å². The van der Waals surface area contributed by atoms with E-state index in [1.165, 1.54) is 30.7 Å². The highest BCUT2D eigenvalue weighted by Crippen LogP contribution is 2.31. The van der Waals surface area contributed by atoms with Crippen LogP contribution in [0.5, 0.6) is 11.5 Å². The molecule has 0 aliphatic carbocycles. The Balaban J connectivity index is 1.76. The Morgan fingerprint density at radius 2 is 1.74 bits per heavy atom. The number of piperazine rings is 1. The van der Waals surface area contributed by atoms with Gasteiger partial charge in [-0.1, -0.05) is 0 Å². The third-order valence-electron chi connectivity index (χ3n) is 4.43. The number of ether oxygens (including phenoxy) is 2. The van der Waals surface area contributed by atoms with Gasteiger partial charge in [-0.3, -0.25) is 0 Å². The summed E-state index contributed by atoms with van der Waals surface area (Å²) in [7, 11) is -0.671. The van der Waals surface area contributed by atoms with E-state index in [-0.39, 0.29) is 4.90 Å². The summed E-state index contributed by atoms with van der Waals surface area (Å²) in [5.74, 6) is 1.52. The maximum Gasteiger partial charge on any atom is 0.243 e. The maximum absolute atomic E-state index is 13.0. The minimum absolute atomic E-state index is 0.165. The summed E-state index contributed by atoms with van der Waals surface area (Å²) in [5, 5.41) is 9.01. The van der Waals surface area contributed by atoms with E-state index in [9.17, 15) is 8.42 Å². The quantitative estimate of drug-likeness (QED) is 0.765. The van der Waals surface area contributed by atoms with Crippen LogP contribution in [0.1, 0.15) is 5.56 Å². The van der Waals surface area contributed by atoms with E-state index in [0.717, 1.165) is 0 Å². The molecule has 1 saturated heterocycles. The largest absolute Gasteiger partial charge is 0.493 e. The first-order valence-corrected chi connectivity index (χ1v) is 9.77. The van der Waals surface area contributed by atoms with Gasteiger partial charge in [-0.2, -0.15) is 9.57 Å². The smallest absolute Gasteiger partial charge is 0.243 e. The molecule has 2 heterocycles. The standard InChI is InChI=1S/C18H20N4O4S/c1-25-16-4-3-15(12-17(16)26-2)27(23,24)22-9-7-21(8-10-22)18-11-14(13-19)5-6-20-18/h3-6,11-12H,7-10H2,1-2H3. The lowest BCUT2D eigenvalue weighted by atomic mass is 10.2. The van der Waals surface area contributed by atoms with Crippen LogP contribution in [-0.4, -0.2) is 58.1 Å². The molecule has 0 bridgehead atoms. The molecule has 1 aliphatic heterocycles. The molecule has 0 atom stereocenters. The van der Waals surface area contributed by atoms with Crippen LogP contribution >= 0.6 is 0 Å². The number of methoxy groups -OCH3 is 2. The number of nitrogens with zero attached hydrogens (tertiary/aromatic N) is 4. The van der Waals surface area contributed by atoms with Crippen molar-refractivity contribution in [1.29, 1.82) is 5.26 Å². The Hall–Kier alpha value is -2.83. The van der Waals surface area contributed by atoms with E-state index < -0.39 is 10.0 Å². The number of sulfonamides is 1. The van der Waals surface area contributed by atoms with Crippen LogP contribution in [0.3, 0.4) is 0 Å². The molecule has 8 nitrogen and oxygen atoms in total. The van der Waals surface area contributed by atoms with Crippen LogP contribution in [0.4, 0.5) is 5.82 Å². The van der Waals surface area contributed by atoms with Gasteiger partial charge < -0.3 is 14.4 Å². The fraction of sp³-hybridized carbons (Fsp3) is 0.333. The van der Waals surface area contributed by atoms with Crippen molar-refractivity contribution in [2.75, 3.05) is 45.3 Å². The molecule has 0 unspecified atom stereocenters. The number of pyridine rings is 1. The number of hydrogen-bond donors (Lipinski definition) is 0. The van der Waals surface area contributed by atoms with Crippen molar-refractivity contribution in [3.63, 3.8) is 0 Å². The zero-order chi connectivity index (χ0) is 19.4. The molecule has 1 fully saturated rings. The number of anilines is 1. The van der Waals surface area contributed by atoms with E-state index in [0.29, 0.717) is 49.1 Å². The Labute approximate surface area is 158 Å². The SMILES string of the molecule is COc1ccc(S(=O)(=O)N2CCN(c3cc(C#N)ccn3)CC2)cc1OC. The monoisotopic (exact) mass is 388 g/mol. The normalized spacial score (nSPS) is 15.2. The molecule has 2 aromatic rings. The van der Waals surface area contributed by atoms with Gasteiger partial charge in [0.1, 0.15) is 5.82 Å². The van der Waals surface area contributed by atoms with Crippen molar-refractivity contribution in [2.45, 2.75) is 4.90 Å². The molecule has 0 spiro atoms. The van der Waals surface area contributed by atoms with Gasteiger partial charge in [0.25, 0.3) is 0 Å². The fourth-order valence-corrected chi connectivity index (χ4v) is 4.38. The molecule has 27 heavy (non-hydrogen) atoms. The third kappa shape index (κ3) is 3.82. The van der Waals surface area contributed by atoms with Crippen molar-refractivity contribution < 1.29 is 17.9 Å². The van der Waals surface area contributed by atoms with Crippen LogP contribution in [0.25, 0.3) is 0 Å². The average molecular weight is 388 g/mol. The summed E-state index contributed by atoms with van der Waals surface area (Å²) < 4.78 is 37.7. The fourth-order valence-electron chi connectivity index (χ4n) is 2.94. The predicted octanol–water partition coefficient (Wildman–Crippen LogP) is 1.48. The summed E-state index contributed by atoms with van der Waals surface area (Å²) in [6.45, 7) is 1.65. The van der Waals surface area contributed by atoms with Crippen LogP contribution in [0.2, 0.25) is 0 Å². The highest BCUT2D eigenvalue weighted by Gasteiger charge is 2.29. The van der Waals surface area contributed by atoms with E-state index in [1.54, 1.807) is 24.4 Å². The van der Waals surface area contributed by atoms with Gasteiger partial charge in [-0.15, -0.1) is 0 Å². The number of aromatic nitrogens is 1. The number of benzene rings is 1. The molecule has 1 aliphatic rings. The van der Waals surface area contributed by atoms with Crippen LogP contribution in [0, 0.1) is 11.3 Å². The lowest BCUT2D eigenvalue weighted by molar-refractivity contribution is 0.353. The molecular weight excluding hydrogens is 368 g/mol. The Morgan fingerprint density at radius 3 is 2.37 bits per heavy atom. The summed E-state index contributed by atoms with van der Waals surface area (Å²) >= 11 is 0. The molecule has 3 rings (SSSR count). The first-order chi connectivity index (χ1) is 13.0. The summed E-state index contributed by atoms with van der Waals surface area (Å²) in [4.78, 5) is 6.41. The first-order valence-electron chi connectivity index (χ1n) is 8.33. The maximum atomic E-state index is 13.0. The molecule has 0 amide bonds. The van der Waals surface area contributed by atoms with Gasteiger partial charge in [0.2, 0.25) is 10.0 Å². The number of hydrogen-bond acceptors (Lipinski definition) is 7. The summed E-state index contributed by atoms with van der Waals surface area (Å²) in [5.41, 5.74) is 0.528. The van der Waals surface area contributed by atoms with Crippen molar-refractivity contribution >= 4 is 15.8 Å².